The third-order valence-corrected chi connectivity index (χ3v) is 6.69. The van der Waals surface area contributed by atoms with Crippen LogP contribution in [0.1, 0.15) is 62.4 Å². The van der Waals surface area contributed by atoms with Gasteiger partial charge in [-0.15, -0.1) is 0 Å². The first-order valence-electron chi connectivity index (χ1n) is 12.0. The summed E-state index contributed by atoms with van der Waals surface area (Å²) in [5, 5.41) is 11.8. The number of benzene rings is 1. The lowest BCUT2D eigenvalue weighted by Gasteiger charge is -2.36. The van der Waals surface area contributed by atoms with Crippen LogP contribution in [-0.4, -0.2) is 52.4 Å². The minimum atomic E-state index is 0.502. The van der Waals surface area contributed by atoms with E-state index in [4.69, 9.17) is 4.99 Å². The maximum Gasteiger partial charge on any atom is 0.191 e. The second-order valence-corrected chi connectivity index (χ2v) is 9.06. The van der Waals surface area contributed by atoms with Gasteiger partial charge in [-0.05, 0) is 64.2 Å². The van der Waals surface area contributed by atoms with Crippen LogP contribution in [0.2, 0.25) is 0 Å². The van der Waals surface area contributed by atoms with Gasteiger partial charge in [0.15, 0.2) is 5.96 Å². The van der Waals surface area contributed by atoms with E-state index in [1.165, 1.54) is 57.2 Å². The Balaban J connectivity index is 1.40. The zero-order valence-electron chi connectivity index (χ0n) is 19.4. The molecule has 6 nitrogen and oxygen atoms in total. The van der Waals surface area contributed by atoms with Crippen molar-refractivity contribution in [3.8, 4) is 5.69 Å². The standard InChI is InChI=1S/C25H38N6/c1-4-26-25(28-22-13-15-30(16-14-22)23-10-6-7-11-23)27-18-21-9-5-8-12-24(21)31-20(3)17-19(2)29-31/h5,8-9,12,17,22-23H,4,6-7,10-11,13-16,18H2,1-3H3,(H2,26,27,28). The maximum atomic E-state index is 4.94. The summed E-state index contributed by atoms with van der Waals surface area (Å²) < 4.78 is 2.03. The molecule has 31 heavy (non-hydrogen) atoms. The van der Waals surface area contributed by atoms with Crippen LogP contribution in [0.25, 0.3) is 5.69 Å². The molecule has 0 atom stereocenters. The molecular weight excluding hydrogens is 384 g/mol. The van der Waals surface area contributed by atoms with Gasteiger partial charge in [0.2, 0.25) is 0 Å². The van der Waals surface area contributed by atoms with Crippen LogP contribution < -0.4 is 10.6 Å². The summed E-state index contributed by atoms with van der Waals surface area (Å²) in [6.45, 7) is 10.2. The number of guanidine groups is 1. The summed E-state index contributed by atoms with van der Waals surface area (Å²) in [6, 6.07) is 11.9. The molecule has 1 saturated heterocycles. The van der Waals surface area contributed by atoms with Crippen LogP contribution in [0.15, 0.2) is 35.3 Å². The van der Waals surface area contributed by atoms with E-state index in [0.717, 1.165) is 35.6 Å². The predicted octanol–water partition coefficient (Wildman–Crippen LogP) is 3.95. The van der Waals surface area contributed by atoms with Gasteiger partial charge < -0.3 is 15.5 Å². The highest BCUT2D eigenvalue weighted by Crippen LogP contribution is 2.26. The highest BCUT2D eigenvalue weighted by molar-refractivity contribution is 5.80. The summed E-state index contributed by atoms with van der Waals surface area (Å²) >= 11 is 0. The van der Waals surface area contributed by atoms with Crippen LogP contribution in [0.4, 0.5) is 0 Å². The third kappa shape index (κ3) is 5.48. The van der Waals surface area contributed by atoms with Gasteiger partial charge >= 0.3 is 0 Å². The number of nitrogens with one attached hydrogen (secondary N) is 2. The number of piperidine rings is 1. The van der Waals surface area contributed by atoms with Crippen molar-refractivity contribution >= 4 is 5.96 Å². The number of hydrogen-bond donors (Lipinski definition) is 2. The van der Waals surface area contributed by atoms with Gasteiger partial charge in [0.25, 0.3) is 0 Å². The van der Waals surface area contributed by atoms with Crippen molar-refractivity contribution in [2.75, 3.05) is 19.6 Å². The number of para-hydroxylation sites is 1. The van der Waals surface area contributed by atoms with Crippen molar-refractivity contribution in [2.24, 2.45) is 4.99 Å². The molecule has 1 aliphatic heterocycles. The first kappa shape index (κ1) is 21.9. The van der Waals surface area contributed by atoms with E-state index in [-0.39, 0.29) is 0 Å². The number of likely N-dealkylation sites (tertiary alicyclic amines) is 1. The zero-order valence-corrected chi connectivity index (χ0v) is 19.4. The lowest BCUT2D eigenvalue weighted by Crippen LogP contribution is -2.50. The SMILES string of the molecule is CCNC(=NCc1ccccc1-n1nc(C)cc1C)NC1CCN(C2CCCC2)CC1. The molecule has 1 aromatic carbocycles. The van der Waals surface area contributed by atoms with Crippen molar-refractivity contribution in [1.29, 1.82) is 0 Å². The van der Waals surface area contributed by atoms with Crippen LogP contribution in [0, 0.1) is 13.8 Å². The van der Waals surface area contributed by atoms with E-state index in [1.54, 1.807) is 0 Å². The zero-order chi connectivity index (χ0) is 21.6. The lowest BCUT2D eigenvalue weighted by atomic mass is 10.0. The van der Waals surface area contributed by atoms with Gasteiger partial charge in [0.1, 0.15) is 0 Å². The Bertz CT molecular complexity index is 872. The van der Waals surface area contributed by atoms with Crippen LogP contribution in [0.3, 0.4) is 0 Å². The lowest BCUT2D eigenvalue weighted by molar-refractivity contribution is 0.150. The summed E-state index contributed by atoms with van der Waals surface area (Å²) in [5.74, 6) is 0.921. The molecule has 168 valence electrons. The average molecular weight is 423 g/mol. The van der Waals surface area contributed by atoms with Crippen LogP contribution >= 0.6 is 0 Å². The maximum absolute atomic E-state index is 4.94. The largest absolute Gasteiger partial charge is 0.357 e. The molecule has 1 aromatic heterocycles. The van der Waals surface area contributed by atoms with Crippen molar-refractivity contribution in [2.45, 2.75) is 77.9 Å². The predicted molar refractivity (Wildman–Crippen MR) is 128 cm³/mol. The molecule has 2 aliphatic rings. The second-order valence-electron chi connectivity index (χ2n) is 9.06. The smallest absolute Gasteiger partial charge is 0.191 e. The molecular formula is C25H38N6. The molecule has 1 aliphatic carbocycles. The molecule has 0 spiro atoms. The van der Waals surface area contributed by atoms with E-state index in [2.05, 4.69) is 64.8 Å². The van der Waals surface area contributed by atoms with E-state index < -0.39 is 0 Å². The Morgan fingerprint density at radius 2 is 1.84 bits per heavy atom. The fourth-order valence-corrected chi connectivity index (χ4v) is 5.08. The van der Waals surface area contributed by atoms with E-state index >= 15 is 0 Å². The van der Waals surface area contributed by atoms with E-state index in [0.29, 0.717) is 12.6 Å². The second kappa shape index (κ2) is 10.3. The fourth-order valence-electron chi connectivity index (χ4n) is 5.08. The number of nitrogens with zero attached hydrogens (tertiary/aromatic N) is 4. The molecule has 2 aromatic rings. The molecule has 4 rings (SSSR count). The minimum Gasteiger partial charge on any atom is -0.357 e. The monoisotopic (exact) mass is 422 g/mol. The van der Waals surface area contributed by atoms with Crippen molar-refractivity contribution in [1.82, 2.24) is 25.3 Å². The number of hydrogen-bond acceptors (Lipinski definition) is 3. The summed E-state index contributed by atoms with van der Waals surface area (Å²) in [7, 11) is 0. The quantitative estimate of drug-likeness (QED) is 0.547. The summed E-state index contributed by atoms with van der Waals surface area (Å²) in [6.07, 6.45) is 8.03. The molecule has 0 radical (unpaired) electrons. The van der Waals surface area contributed by atoms with E-state index in [9.17, 15) is 0 Å². The topological polar surface area (TPSA) is 57.5 Å². The Kier molecular flexibility index (Phi) is 7.28. The summed E-state index contributed by atoms with van der Waals surface area (Å²) in [5.41, 5.74) is 4.47. The average Bonchev–Trinajstić information content (AvgIpc) is 3.42. The molecule has 1 saturated carbocycles. The number of aromatic nitrogens is 2. The number of rotatable bonds is 6. The Morgan fingerprint density at radius 3 is 2.52 bits per heavy atom. The fraction of sp³-hybridized carbons (Fsp3) is 0.600. The summed E-state index contributed by atoms with van der Waals surface area (Å²) in [4.78, 5) is 7.66. The Labute approximate surface area is 187 Å². The van der Waals surface area contributed by atoms with Crippen LogP contribution in [-0.2, 0) is 6.54 Å². The van der Waals surface area contributed by atoms with Gasteiger partial charge in [-0.3, -0.25) is 0 Å². The number of aliphatic imine (C=N–C) groups is 1. The van der Waals surface area contributed by atoms with Crippen LogP contribution in [0.5, 0.6) is 0 Å². The highest BCUT2D eigenvalue weighted by atomic mass is 15.3. The molecule has 6 heteroatoms. The highest BCUT2D eigenvalue weighted by Gasteiger charge is 2.27. The molecule has 0 bridgehead atoms. The van der Waals surface area contributed by atoms with Gasteiger partial charge in [-0.2, -0.15) is 5.10 Å². The minimum absolute atomic E-state index is 0.502. The Hall–Kier alpha value is -2.34. The van der Waals surface area contributed by atoms with Gasteiger partial charge in [0, 0.05) is 37.4 Å². The molecule has 0 amide bonds. The van der Waals surface area contributed by atoms with Crippen molar-refractivity contribution < 1.29 is 0 Å². The van der Waals surface area contributed by atoms with E-state index in [1.807, 2.05) is 11.6 Å². The first-order chi connectivity index (χ1) is 15.1. The third-order valence-electron chi connectivity index (χ3n) is 6.69. The van der Waals surface area contributed by atoms with Crippen molar-refractivity contribution in [3.05, 3.63) is 47.3 Å². The molecule has 2 N–H and O–H groups in total. The van der Waals surface area contributed by atoms with Crippen molar-refractivity contribution in [3.63, 3.8) is 0 Å². The van der Waals surface area contributed by atoms with Gasteiger partial charge in [-0.1, -0.05) is 31.0 Å². The van der Waals surface area contributed by atoms with Gasteiger partial charge in [0.05, 0.1) is 17.9 Å². The first-order valence-corrected chi connectivity index (χ1v) is 12.0. The molecule has 0 unspecified atom stereocenters. The normalized spacial score (nSPS) is 19.1. The van der Waals surface area contributed by atoms with Gasteiger partial charge in [-0.25, -0.2) is 9.67 Å². The Morgan fingerprint density at radius 1 is 1.10 bits per heavy atom. The molecule has 2 heterocycles. The molecule has 2 fully saturated rings. The number of aryl methyl sites for hydroxylation is 2.